The first-order valence-corrected chi connectivity index (χ1v) is 6.78. The number of hydrogen-bond donors (Lipinski definition) is 2. The van der Waals surface area contributed by atoms with Gasteiger partial charge in [-0.3, -0.25) is 4.79 Å². The molecule has 0 unspecified atom stereocenters. The predicted octanol–water partition coefficient (Wildman–Crippen LogP) is 2.20. The normalized spacial score (nSPS) is 10.2. The van der Waals surface area contributed by atoms with Crippen LogP contribution in [0.4, 0.5) is 5.69 Å². The predicted molar refractivity (Wildman–Crippen MR) is 77.3 cm³/mol. The Bertz CT molecular complexity index is 553. The second-order valence-corrected chi connectivity index (χ2v) is 5.14. The van der Waals surface area contributed by atoms with Gasteiger partial charge in [-0.1, -0.05) is 6.07 Å². The summed E-state index contributed by atoms with van der Waals surface area (Å²) in [6.07, 6.45) is 0.405. The number of rotatable bonds is 5. The van der Waals surface area contributed by atoms with Crippen molar-refractivity contribution in [1.82, 2.24) is 5.32 Å². The van der Waals surface area contributed by atoms with Gasteiger partial charge in [0.2, 0.25) is 5.91 Å². The number of carbonyl (C=O) groups excluding carboxylic acids is 1. The molecule has 0 radical (unpaired) electrons. The highest BCUT2D eigenvalue weighted by atomic mass is 32.1. The minimum Gasteiger partial charge on any atom is -0.496 e. The number of benzene rings is 1. The number of anilines is 1. The molecule has 5 heteroatoms. The van der Waals surface area contributed by atoms with Crippen LogP contribution in [-0.4, -0.2) is 13.0 Å². The zero-order chi connectivity index (χ0) is 13.7. The molecule has 0 bridgehead atoms. The smallest absolute Gasteiger partial charge is 0.225 e. The number of hydrogen-bond acceptors (Lipinski definition) is 4. The second kappa shape index (κ2) is 6.24. The Morgan fingerprint density at radius 3 is 2.95 bits per heavy atom. The quantitative estimate of drug-likeness (QED) is 0.823. The average molecular weight is 276 g/mol. The van der Waals surface area contributed by atoms with E-state index in [1.165, 1.54) is 0 Å². The van der Waals surface area contributed by atoms with E-state index in [1.807, 2.05) is 23.6 Å². The van der Waals surface area contributed by atoms with E-state index in [1.54, 1.807) is 30.6 Å². The zero-order valence-corrected chi connectivity index (χ0v) is 11.5. The maximum atomic E-state index is 11.8. The molecule has 1 heterocycles. The van der Waals surface area contributed by atoms with Gasteiger partial charge >= 0.3 is 0 Å². The van der Waals surface area contributed by atoms with Gasteiger partial charge in [-0.25, -0.2) is 0 Å². The van der Waals surface area contributed by atoms with Crippen LogP contribution in [0.5, 0.6) is 5.75 Å². The maximum Gasteiger partial charge on any atom is 0.225 e. The summed E-state index contributed by atoms with van der Waals surface area (Å²) in [4.78, 5) is 12.8. The molecule has 3 N–H and O–H groups in total. The fourth-order valence-corrected chi connectivity index (χ4v) is 2.47. The molecule has 1 amide bonds. The fraction of sp³-hybridized carbons (Fsp3) is 0.214. The topological polar surface area (TPSA) is 64.3 Å². The Hall–Kier alpha value is -2.01. The molecule has 1 aromatic heterocycles. The fourth-order valence-electron chi connectivity index (χ4n) is 1.76. The molecule has 100 valence electrons. The number of ether oxygens (including phenoxy) is 1. The largest absolute Gasteiger partial charge is 0.496 e. The lowest BCUT2D eigenvalue weighted by atomic mass is 10.1. The van der Waals surface area contributed by atoms with Gasteiger partial charge in [0.25, 0.3) is 0 Å². The van der Waals surface area contributed by atoms with E-state index < -0.39 is 0 Å². The number of nitrogens with one attached hydrogen (secondary N) is 1. The van der Waals surface area contributed by atoms with Crippen molar-refractivity contribution in [1.29, 1.82) is 0 Å². The number of methoxy groups -OCH3 is 1. The Morgan fingerprint density at radius 1 is 1.42 bits per heavy atom. The average Bonchev–Trinajstić information content (AvgIpc) is 2.89. The summed E-state index contributed by atoms with van der Waals surface area (Å²) in [6, 6.07) is 9.27. The van der Waals surface area contributed by atoms with Crippen LogP contribution in [0.1, 0.15) is 10.4 Å². The number of amides is 1. The van der Waals surface area contributed by atoms with Gasteiger partial charge < -0.3 is 15.8 Å². The minimum absolute atomic E-state index is 0.00747. The Morgan fingerprint density at radius 2 is 2.26 bits per heavy atom. The van der Waals surface area contributed by atoms with E-state index in [2.05, 4.69) is 5.32 Å². The van der Waals surface area contributed by atoms with Crippen molar-refractivity contribution in [3.63, 3.8) is 0 Å². The van der Waals surface area contributed by atoms with Crippen molar-refractivity contribution in [2.75, 3.05) is 12.8 Å². The molecular formula is C14H16N2O2S. The van der Waals surface area contributed by atoms with Crippen molar-refractivity contribution in [2.45, 2.75) is 13.0 Å². The van der Waals surface area contributed by atoms with Crippen LogP contribution in [0.15, 0.2) is 35.7 Å². The van der Waals surface area contributed by atoms with E-state index in [9.17, 15) is 4.79 Å². The molecule has 0 aliphatic heterocycles. The summed E-state index contributed by atoms with van der Waals surface area (Å²) in [5.74, 6) is 0.720. The highest BCUT2D eigenvalue weighted by Crippen LogP contribution is 2.20. The third-order valence-corrected chi connectivity index (χ3v) is 3.57. The van der Waals surface area contributed by atoms with E-state index in [0.717, 1.165) is 16.2 Å². The molecule has 4 nitrogen and oxygen atoms in total. The Labute approximate surface area is 116 Å². The van der Waals surface area contributed by atoms with Crippen molar-refractivity contribution in [2.24, 2.45) is 0 Å². The lowest BCUT2D eigenvalue weighted by Crippen LogP contribution is -2.24. The molecule has 0 saturated heterocycles. The van der Waals surface area contributed by atoms with Gasteiger partial charge in [0, 0.05) is 22.7 Å². The lowest BCUT2D eigenvalue weighted by molar-refractivity contribution is -0.120. The van der Waals surface area contributed by atoms with Crippen molar-refractivity contribution >= 4 is 22.9 Å². The molecule has 0 aliphatic rings. The zero-order valence-electron chi connectivity index (χ0n) is 10.7. The summed E-state index contributed by atoms with van der Waals surface area (Å²) >= 11 is 1.58. The molecule has 0 saturated carbocycles. The number of nitrogens with two attached hydrogens (primary N) is 1. The van der Waals surface area contributed by atoms with E-state index in [4.69, 9.17) is 10.5 Å². The summed E-state index contributed by atoms with van der Waals surface area (Å²) in [5, 5.41) is 4.83. The van der Waals surface area contributed by atoms with Gasteiger partial charge in [0.1, 0.15) is 5.75 Å². The third-order valence-electron chi connectivity index (χ3n) is 2.70. The van der Waals surface area contributed by atoms with Crippen LogP contribution < -0.4 is 15.8 Å². The standard InChI is InChI=1S/C14H16N2O2S/c1-18-13-5-4-11(15)7-10(13)9-16-14(17)8-12-3-2-6-19-12/h2-7H,8-9,15H2,1H3,(H,16,17). The molecule has 0 aliphatic carbocycles. The number of thiophene rings is 1. The molecule has 2 aromatic rings. The molecule has 19 heavy (non-hydrogen) atoms. The molecule has 2 rings (SSSR count). The summed E-state index contributed by atoms with van der Waals surface area (Å²) in [5.41, 5.74) is 7.26. The van der Waals surface area contributed by atoms with Crippen LogP contribution in [0.25, 0.3) is 0 Å². The summed E-state index contributed by atoms with van der Waals surface area (Å²) in [7, 11) is 1.60. The first-order chi connectivity index (χ1) is 9.19. The van der Waals surface area contributed by atoms with Crippen LogP contribution >= 0.6 is 11.3 Å². The van der Waals surface area contributed by atoms with Crippen molar-refractivity contribution in [3.05, 3.63) is 46.2 Å². The van der Waals surface area contributed by atoms with Crippen molar-refractivity contribution < 1.29 is 9.53 Å². The summed E-state index contributed by atoms with van der Waals surface area (Å²) in [6.45, 7) is 0.415. The molecular weight excluding hydrogens is 260 g/mol. The maximum absolute atomic E-state index is 11.8. The van der Waals surface area contributed by atoms with Crippen molar-refractivity contribution in [3.8, 4) is 5.75 Å². The molecule has 0 spiro atoms. The monoisotopic (exact) mass is 276 g/mol. The molecule has 0 fully saturated rings. The van der Waals surface area contributed by atoms with E-state index in [-0.39, 0.29) is 5.91 Å². The second-order valence-electron chi connectivity index (χ2n) is 4.10. The first-order valence-electron chi connectivity index (χ1n) is 5.90. The third kappa shape index (κ3) is 3.72. The van der Waals surface area contributed by atoms with Crippen LogP contribution in [0.3, 0.4) is 0 Å². The Kier molecular flexibility index (Phi) is 4.41. The number of nitrogen functional groups attached to an aromatic ring is 1. The van der Waals surface area contributed by atoms with Gasteiger partial charge in [0.05, 0.1) is 13.5 Å². The van der Waals surface area contributed by atoms with Crippen LogP contribution in [0, 0.1) is 0 Å². The van der Waals surface area contributed by atoms with Crippen LogP contribution in [-0.2, 0) is 17.8 Å². The Balaban J connectivity index is 1.94. The van der Waals surface area contributed by atoms with Crippen LogP contribution in [0.2, 0.25) is 0 Å². The number of carbonyl (C=O) groups is 1. The van der Waals surface area contributed by atoms with Gasteiger partial charge in [-0.15, -0.1) is 11.3 Å². The van der Waals surface area contributed by atoms with Gasteiger partial charge in [-0.2, -0.15) is 0 Å². The SMILES string of the molecule is COc1ccc(N)cc1CNC(=O)Cc1cccs1. The van der Waals surface area contributed by atoms with E-state index in [0.29, 0.717) is 18.7 Å². The lowest BCUT2D eigenvalue weighted by Gasteiger charge is -2.10. The minimum atomic E-state index is -0.00747. The highest BCUT2D eigenvalue weighted by molar-refractivity contribution is 7.10. The highest BCUT2D eigenvalue weighted by Gasteiger charge is 2.07. The summed E-state index contributed by atoms with van der Waals surface area (Å²) < 4.78 is 5.23. The van der Waals surface area contributed by atoms with Gasteiger partial charge in [-0.05, 0) is 29.6 Å². The first kappa shape index (κ1) is 13.4. The molecule has 0 atom stereocenters. The van der Waals surface area contributed by atoms with E-state index >= 15 is 0 Å². The molecule has 1 aromatic carbocycles. The van der Waals surface area contributed by atoms with Gasteiger partial charge in [0.15, 0.2) is 0 Å².